The van der Waals surface area contributed by atoms with E-state index in [1.807, 2.05) is 0 Å². The smallest absolute Gasteiger partial charge is 0.121 e. The summed E-state index contributed by atoms with van der Waals surface area (Å²) in [5.74, 6) is 0.988. The summed E-state index contributed by atoms with van der Waals surface area (Å²) in [6.45, 7) is 9.34. The zero-order valence-electron chi connectivity index (χ0n) is 12.9. The van der Waals surface area contributed by atoms with E-state index in [-0.39, 0.29) is 0 Å². The molecule has 1 aromatic rings. The fourth-order valence-corrected chi connectivity index (χ4v) is 3.88. The highest BCUT2D eigenvalue weighted by Crippen LogP contribution is 2.28. The third-order valence-corrected chi connectivity index (χ3v) is 5.07. The molecule has 2 fully saturated rings. The minimum absolute atomic E-state index is 0.675. The minimum atomic E-state index is 0.675. The van der Waals surface area contributed by atoms with Gasteiger partial charge in [0.2, 0.25) is 0 Å². The van der Waals surface area contributed by atoms with E-state index in [2.05, 4.69) is 41.8 Å². The van der Waals surface area contributed by atoms with Crippen molar-refractivity contribution in [1.82, 2.24) is 9.80 Å². The molecule has 0 spiro atoms. The van der Waals surface area contributed by atoms with Crippen LogP contribution >= 0.6 is 0 Å². The molecule has 0 radical (unpaired) electrons. The molecule has 3 nitrogen and oxygen atoms in total. The molecule has 20 heavy (non-hydrogen) atoms. The molecule has 2 saturated heterocycles. The Balaban J connectivity index is 1.69. The van der Waals surface area contributed by atoms with Crippen LogP contribution in [-0.2, 0) is 6.54 Å². The average Bonchev–Trinajstić information content (AvgIpc) is 2.91. The van der Waals surface area contributed by atoms with Crippen molar-refractivity contribution in [2.45, 2.75) is 45.3 Å². The summed E-state index contributed by atoms with van der Waals surface area (Å²) in [5.41, 5.74) is 2.64. The molecule has 2 atom stereocenters. The molecular formula is C17H26N2O. The van der Waals surface area contributed by atoms with Crippen LogP contribution in [-0.4, -0.2) is 48.6 Å². The van der Waals surface area contributed by atoms with Crippen molar-refractivity contribution in [3.63, 3.8) is 0 Å². The number of aryl methyl sites for hydroxylation is 1. The Morgan fingerprint density at radius 1 is 1.25 bits per heavy atom. The first-order valence-corrected chi connectivity index (χ1v) is 7.80. The molecule has 3 rings (SSSR count). The Morgan fingerprint density at radius 2 is 2.10 bits per heavy atom. The Morgan fingerprint density at radius 3 is 2.85 bits per heavy atom. The summed E-state index contributed by atoms with van der Waals surface area (Å²) in [4.78, 5) is 5.33. The van der Waals surface area contributed by atoms with E-state index in [1.54, 1.807) is 7.11 Å². The maximum absolute atomic E-state index is 5.35. The van der Waals surface area contributed by atoms with Gasteiger partial charge < -0.3 is 4.74 Å². The fourth-order valence-electron chi connectivity index (χ4n) is 3.88. The van der Waals surface area contributed by atoms with Gasteiger partial charge in [-0.15, -0.1) is 0 Å². The molecule has 2 aliphatic rings. The van der Waals surface area contributed by atoms with Crippen molar-refractivity contribution in [3.8, 4) is 5.75 Å². The van der Waals surface area contributed by atoms with Gasteiger partial charge in [0.1, 0.15) is 5.75 Å². The number of ether oxygens (including phenoxy) is 1. The molecule has 0 amide bonds. The number of benzene rings is 1. The molecular weight excluding hydrogens is 248 g/mol. The van der Waals surface area contributed by atoms with E-state index in [1.165, 1.54) is 43.6 Å². The molecule has 1 aromatic carbocycles. The predicted molar refractivity (Wildman–Crippen MR) is 82.2 cm³/mol. The molecule has 0 bridgehead atoms. The number of hydrogen-bond donors (Lipinski definition) is 0. The van der Waals surface area contributed by atoms with Crippen LogP contribution in [0.2, 0.25) is 0 Å². The van der Waals surface area contributed by atoms with Crippen LogP contribution in [0.25, 0.3) is 0 Å². The van der Waals surface area contributed by atoms with E-state index < -0.39 is 0 Å². The summed E-state index contributed by atoms with van der Waals surface area (Å²) in [6.07, 6.45) is 2.75. The molecule has 0 aromatic heterocycles. The number of fused-ring (bicyclic) bond motifs is 1. The van der Waals surface area contributed by atoms with Crippen molar-refractivity contribution >= 4 is 0 Å². The van der Waals surface area contributed by atoms with Crippen molar-refractivity contribution < 1.29 is 4.74 Å². The molecule has 0 aliphatic carbocycles. The second-order valence-electron chi connectivity index (χ2n) is 6.26. The zero-order valence-corrected chi connectivity index (χ0v) is 12.9. The number of methoxy groups -OCH3 is 1. The number of hydrogen-bond acceptors (Lipinski definition) is 3. The summed E-state index contributed by atoms with van der Waals surface area (Å²) in [5, 5.41) is 0. The monoisotopic (exact) mass is 274 g/mol. The lowest BCUT2D eigenvalue weighted by atomic mass is 10.0. The quantitative estimate of drug-likeness (QED) is 0.843. The van der Waals surface area contributed by atoms with Crippen molar-refractivity contribution in [1.29, 1.82) is 0 Å². The SMILES string of the molecule is COc1ccc(CN2CCN3CCC[C@H]3[C@@H]2C)cc1C. The topological polar surface area (TPSA) is 15.7 Å². The summed E-state index contributed by atoms with van der Waals surface area (Å²) < 4.78 is 5.35. The highest BCUT2D eigenvalue weighted by Gasteiger charge is 2.36. The standard InChI is InChI=1S/C17H26N2O/c1-13-11-15(6-7-17(13)20-3)12-19-10-9-18-8-4-5-16(18)14(19)2/h6-7,11,14,16H,4-5,8-10,12H2,1-3H3/t14-,16-/m0/s1. The van der Waals surface area contributed by atoms with Gasteiger partial charge in [0.15, 0.2) is 0 Å². The fraction of sp³-hybridized carbons (Fsp3) is 0.647. The second kappa shape index (κ2) is 5.74. The van der Waals surface area contributed by atoms with Gasteiger partial charge >= 0.3 is 0 Å². The lowest BCUT2D eigenvalue weighted by Gasteiger charge is -2.43. The van der Waals surface area contributed by atoms with Crippen molar-refractivity contribution in [2.24, 2.45) is 0 Å². The maximum atomic E-state index is 5.35. The highest BCUT2D eigenvalue weighted by molar-refractivity contribution is 5.36. The van der Waals surface area contributed by atoms with Crippen LogP contribution in [0.5, 0.6) is 5.75 Å². The van der Waals surface area contributed by atoms with Gasteiger partial charge in [-0.25, -0.2) is 0 Å². The van der Waals surface area contributed by atoms with E-state index in [4.69, 9.17) is 4.74 Å². The first-order valence-electron chi connectivity index (χ1n) is 7.80. The normalized spacial score (nSPS) is 27.6. The van der Waals surface area contributed by atoms with Crippen LogP contribution in [0.4, 0.5) is 0 Å². The Hall–Kier alpha value is -1.06. The number of nitrogens with zero attached hydrogens (tertiary/aromatic N) is 2. The third kappa shape index (κ3) is 2.57. The molecule has 0 saturated carbocycles. The van der Waals surface area contributed by atoms with E-state index in [9.17, 15) is 0 Å². The van der Waals surface area contributed by atoms with Gasteiger partial charge in [0.25, 0.3) is 0 Å². The summed E-state index contributed by atoms with van der Waals surface area (Å²) in [6, 6.07) is 8.03. The average molecular weight is 274 g/mol. The summed E-state index contributed by atoms with van der Waals surface area (Å²) in [7, 11) is 1.74. The van der Waals surface area contributed by atoms with Crippen molar-refractivity contribution in [3.05, 3.63) is 29.3 Å². The van der Waals surface area contributed by atoms with Crippen LogP contribution in [0.1, 0.15) is 30.9 Å². The zero-order chi connectivity index (χ0) is 14.1. The largest absolute Gasteiger partial charge is 0.496 e. The number of piperazine rings is 1. The lowest BCUT2D eigenvalue weighted by molar-refractivity contribution is 0.0470. The first kappa shape index (κ1) is 13.9. The van der Waals surface area contributed by atoms with Crippen LogP contribution in [0.15, 0.2) is 18.2 Å². The lowest BCUT2D eigenvalue weighted by Crippen LogP contribution is -2.55. The summed E-state index contributed by atoms with van der Waals surface area (Å²) >= 11 is 0. The minimum Gasteiger partial charge on any atom is -0.496 e. The molecule has 0 N–H and O–H groups in total. The second-order valence-corrected chi connectivity index (χ2v) is 6.26. The Kier molecular flexibility index (Phi) is 3.99. The van der Waals surface area contributed by atoms with Crippen molar-refractivity contribution in [2.75, 3.05) is 26.7 Å². The van der Waals surface area contributed by atoms with Gasteiger partial charge in [-0.2, -0.15) is 0 Å². The molecule has 3 heteroatoms. The van der Waals surface area contributed by atoms with E-state index >= 15 is 0 Å². The van der Waals surface area contributed by atoms with E-state index in [0.29, 0.717) is 6.04 Å². The molecule has 110 valence electrons. The van der Waals surface area contributed by atoms with Crippen LogP contribution < -0.4 is 4.74 Å². The van der Waals surface area contributed by atoms with Gasteiger partial charge in [0.05, 0.1) is 7.11 Å². The van der Waals surface area contributed by atoms with E-state index in [0.717, 1.165) is 18.3 Å². The van der Waals surface area contributed by atoms with Crippen LogP contribution in [0, 0.1) is 6.92 Å². The van der Waals surface area contributed by atoms with Gasteiger partial charge in [-0.1, -0.05) is 12.1 Å². The van der Waals surface area contributed by atoms with Crippen LogP contribution in [0.3, 0.4) is 0 Å². The predicted octanol–water partition coefficient (Wildman–Crippen LogP) is 2.67. The highest BCUT2D eigenvalue weighted by atomic mass is 16.5. The van der Waals surface area contributed by atoms with Gasteiger partial charge in [-0.3, -0.25) is 9.80 Å². The number of rotatable bonds is 3. The van der Waals surface area contributed by atoms with Gasteiger partial charge in [0, 0.05) is 31.7 Å². The molecule has 2 heterocycles. The maximum Gasteiger partial charge on any atom is 0.121 e. The Labute approximate surface area is 122 Å². The Bertz CT molecular complexity index is 474. The first-order chi connectivity index (χ1) is 9.69. The molecule has 0 unspecified atom stereocenters. The third-order valence-electron chi connectivity index (χ3n) is 5.07. The van der Waals surface area contributed by atoms with Gasteiger partial charge in [-0.05, 0) is 50.4 Å². The molecule has 2 aliphatic heterocycles.